The van der Waals surface area contributed by atoms with Crippen LogP contribution in [-0.2, 0) is 4.12 Å². The molecule has 0 aliphatic carbocycles. The minimum absolute atomic E-state index is 0.937. The molecule has 0 fully saturated rings. The van der Waals surface area contributed by atoms with Gasteiger partial charge in [-0.1, -0.05) is 20.8 Å². The van der Waals surface area contributed by atoms with Crippen molar-refractivity contribution in [2.24, 2.45) is 0 Å². The first-order valence-electron chi connectivity index (χ1n) is 3.79. The molecule has 0 spiro atoms. The summed E-state index contributed by atoms with van der Waals surface area (Å²) in [4.78, 5) is 0. The van der Waals surface area contributed by atoms with Gasteiger partial charge < -0.3 is 4.12 Å². The van der Waals surface area contributed by atoms with Crippen LogP contribution < -0.4 is 0 Å². The summed E-state index contributed by atoms with van der Waals surface area (Å²) >= 11 is 0. The SMILES string of the molecule is CC[Si](CC)(CC)O[SiH3]. The molecule has 0 N–H and O–H groups in total. The molecule has 0 radical (unpaired) electrons. The Morgan fingerprint density at radius 3 is 1.44 bits per heavy atom. The third kappa shape index (κ3) is 2.23. The van der Waals surface area contributed by atoms with Crippen LogP contribution in [0, 0.1) is 0 Å². The smallest absolute Gasteiger partial charge is 0.178 e. The van der Waals surface area contributed by atoms with E-state index in [1.807, 2.05) is 0 Å². The van der Waals surface area contributed by atoms with E-state index in [2.05, 4.69) is 20.8 Å². The Hall–Kier alpha value is 0.394. The van der Waals surface area contributed by atoms with Crippen LogP contribution in [0.1, 0.15) is 20.8 Å². The van der Waals surface area contributed by atoms with Crippen LogP contribution in [0.3, 0.4) is 0 Å². The van der Waals surface area contributed by atoms with E-state index < -0.39 is 8.32 Å². The van der Waals surface area contributed by atoms with Gasteiger partial charge >= 0.3 is 0 Å². The van der Waals surface area contributed by atoms with Crippen LogP contribution in [-0.4, -0.2) is 18.8 Å². The molecule has 0 aromatic carbocycles. The van der Waals surface area contributed by atoms with Gasteiger partial charge in [0.2, 0.25) is 0 Å². The minimum atomic E-state index is -1.13. The van der Waals surface area contributed by atoms with Gasteiger partial charge in [0.15, 0.2) is 8.32 Å². The molecule has 0 unspecified atom stereocenters. The van der Waals surface area contributed by atoms with E-state index in [9.17, 15) is 0 Å². The molecule has 0 amide bonds. The Morgan fingerprint density at radius 2 is 1.44 bits per heavy atom. The maximum absolute atomic E-state index is 5.66. The second kappa shape index (κ2) is 4.25. The van der Waals surface area contributed by atoms with Gasteiger partial charge in [-0.25, -0.2) is 0 Å². The molecule has 56 valence electrons. The summed E-state index contributed by atoms with van der Waals surface area (Å²) in [5.74, 6) is 0. The summed E-state index contributed by atoms with van der Waals surface area (Å²) in [6.07, 6.45) is 0. The fourth-order valence-corrected chi connectivity index (χ4v) is 6.15. The summed E-state index contributed by atoms with van der Waals surface area (Å²) in [7, 11) is -0.193. The summed E-state index contributed by atoms with van der Waals surface area (Å²) in [6.45, 7) is 6.78. The third-order valence-electron chi connectivity index (χ3n) is 2.37. The molecule has 3 heteroatoms. The molecular weight excluding hydrogens is 144 g/mol. The fraction of sp³-hybridized carbons (Fsp3) is 1.00. The molecule has 0 atom stereocenters. The molecule has 0 saturated heterocycles. The Morgan fingerprint density at radius 1 is 1.11 bits per heavy atom. The standard InChI is InChI=1S/C6H18OSi2/c1-4-9(5-2,6-3)7-8/h4-6H2,1-3,8H3. The molecule has 0 bridgehead atoms. The van der Waals surface area contributed by atoms with Crippen LogP contribution >= 0.6 is 0 Å². The molecular formula is C6H18OSi2. The second-order valence-electron chi connectivity index (χ2n) is 2.45. The average Bonchev–Trinajstić information content (AvgIpc) is 1.95. The molecule has 0 heterocycles. The van der Waals surface area contributed by atoms with E-state index in [1.165, 1.54) is 18.1 Å². The lowest BCUT2D eigenvalue weighted by atomic mass is 10.9. The summed E-state index contributed by atoms with van der Waals surface area (Å²) in [5, 5.41) is 0. The van der Waals surface area contributed by atoms with E-state index in [4.69, 9.17) is 4.12 Å². The van der Waals surface area contributed by atoms with Crippen LogP contribution in [0.15, 0.2) is 0 Å². The first kappa shape index (κ1) is 9.39. The lowest BCUT2D eigenvalue weighted by Gasteiger charge is -2.25. The zero-order valence-electron chi connectivity index (χ0n) is 7.03. The zero-order chi connectivity index (χ0) is 7.33. The van der Waals surface area contributed by atoms with Crippen molar-refractivity contribution in [3.05, 3.63) is 0 Å². The molecule has 1 nitrogen and oxygen atoms in total. The Balaban J connectivity index is 3.82. The molecule has 9 heavy (non-hydrogen) atoms. The Labute approximate surface area is 62.5 Å². The predicted molar refractivity (Wildman–Crippen MR) is 48.2 cm³/mol. The quantitative estimate of drug-likeness (QED) is 0.566. The number of hydrogen-bond donors (Lipinski definition) is 0. The lowest BCUT2D eigenvalue weighted by molar-refractivity contribution is 0.587. The number of hydrogen-bond acceptors (Lipinski definition) is 1. The van der Waals surface area contributed by atoms with Crippen LogP contribution in [0.2, 0.25) is 18.1 Å². The molecule has 0 aromatic rings. The Bertz CT molecular complexity index is 53.9. The van der Waals surface area contributed by atoms with Gasteiger partial charge in [0.1, 0.15) is 10.5 Å². The molecule has 0 aliphatic rings. The van der Waals surface area contributed by atoms with Crippen molar-refractivity contribution in [3.8, 4) is 0 Å². The van der Waals surface area contributed by atoms with E-state index in [0.717, 1.165) is 10.5 Å². The minimum Gasteiger partial charge on any atom is -0.463 e. The normalized spacial score (nSPS) is 12.3. The van der Waals surface area contributed by atoms with Gasteiger partial charge in [-0.05, 0) is 18.1 Å². The van der Waals surface area contributed by atoms with E-state index in [0.29, 0.717) is 0 Å². The van der Waals surface area contributed by atoms with Crippen molar-refractivity contribution >= 4 is 18.8 Å². The van der Waals surface area contributed by atoms with Crippen molar-refractivity contribution in [1.29, 1.82) is 0 Å². The van der Waals surface area contributed by atoms with Gasteiger partial charge in [-0.2, -0.15) is 0 Å². The maximum atomic E-state index is 5.66. The predicted octanol–water partition coefficient (Wildman–Crippen LogP) is 1.29. The van der Waals surface area contributed by atoms with Crippen molar-refractivity contribution in [1.82, 2.24) is 0 Å². The van der Waals surface area contributed by atoms with Gasteiger partial charge in [0.25, 0.3) is 0 Å². The first-order chi connectivity index (χ1) is 4.24. The van der Waals surface area contributed by atoms with Crippen molar-refractivity contribution < 1.29 is 4.12 Å². The van der Waals surface area contributed by atoms with Gasteiger partial charge in [-0.3, -0.25) is 0 Å². The van der Waals surface area contributed by atoms with Gasteiger partial charge in [-0.15, -0.1) is 0 Å². The van der Waals surface area contributed by atoms with Crippen molar-refractivity contribution in [2.45, 2.75) is 38.9 Å². The highest BCUT2D eigenvalue weighted by molar-refractivity contribution is 6.75. The van der Waals surface area contributed by atoms with E-state index in [-0.39, 0.29) is 0 Å². The highest BCUT2D eigenvalue weighted by Crippen LogP contribution is 2.19. The number of rotatable bonds is 4. The van der Waals surface area contributed by atoms with Crippen LogP contribution in [0.5, 0.6) is 0 Å². The zero-order valence-corrected chi connectivity index (χ0v) is 10.0. The molecule has 0 saturated carbocycles. The second-order valence-corrected chi connectivity index (χ2v) is 8.57. The molecule has 0 aliphatic heterocycles. The highest BCUT2D eigenvalue weighted by atomic mass is 28.4. The van der Waals surface area contributed by atoms with Crippen molar-refractivity contribution in [3.63, 3.8) is 0 Å². The highest BCUT2D eigenvalue weighted by Gasteiger charge is 2.25. The van der Waals surface area contributed by atoms with Gasteiger partial charge in [0.05, 0.1) is 0 Å². The monoisotopic (exact) mass is 162 g/mol. The van der Waals surface area contributed by atoms with Crippen LogP contribution in [0.25, 0.3) is 0 Å². The first-order valence-corrected chi connectivity index (χ1v) is 7.14. The topological polar surface area (TPSA) is 9.23 Å². The Kier molecular flexibility index (Phi) is 4.43. The lowest BCUT2D eigenvalue weighted by Crippen LogP contribution is -2.34. The van der Waals surface area contributed by atoms with Gasteiger partial charge in [0, 0.05) is 0 Å². The van der Waals surface area contributed by atoms with Crippen LogP contribution in [0.4, 0.5) is 0 Å². The molecule has 0 rings (SSSR count). The third-order valence-corrected chi connectivity index (χ3v) is 9.70. The summed E-state index contributed by atoms with van der Waals surface area (Å²) in [6, 6.07) is 3.89. The van der Waals surface area contributed by atoms with E-state index >= 15 is 0 Å². The summed E-state index contributed by atoms with van der Waals surface area (Å²) < 4.78 is 5.66. The maximum Gasteiger partial charge on any atom is 0.178 e. The fourth-order valence-electron chi connectivity index (χ4n) is 1.18. The van der Waals surface area contributed by atoms with E-state index in [1.54, 1.807) is 0 Å². The van der Waals surface area contributed by atoms with Crippen molar-refractivity contribution in [2.75, 3.05) is 0 Å². The molecule has 0 aromatic heterocycles. The average molecular weight is 162 g/mol. The largest absolute Gasteiger partial charge is 0.463 e. The summed E-state index contributed by atoms with van der Waals surface area (Å²) in [5.41, 5.74) is 0.